The van der Waals surface area contributed by atoms with Crippen LogP contribution in [0.3, 0.4) is 0 Å². The van der Waals surface area contributed by atoms with Gasteiger partial charge in [0.2, 0.25) is 0 Å². The fourth-order valence-corrected chi connectivity index (χ4v) is 5.21. The highest BCUT2D eigenvalue weighted by molar-refractivity contribution is 6.14. The maximum Gasteiger partial charge on any atom is 0.145 e. The SMILES string of the molecule is CC(C)c1cccc(C(C)C)c1-c1cn2c3cc4c(cc3c3ccccc3c2n1)ncn4C. The van der Waals surface area contributed by atoms with Gasteiger partial charge in [0.1, 0.15) is 5.65 Å². The quantitative estimate of drug-likeness (QED) is 0.272. The summed E-state index contributed by atoms with van der Waals surface area (Å²) in [6, 6.07) is 19.8. The van der Waals surface area contributed by atoms with Crippen molar-refractivity contribution in [2.24, 2.45) is 7.05 Å². The minimum Gasteiger partial charge on any atom is -0.334 e. The number of hydrogen-bond donors (Lipinski definition) is 0. The van der Waals surface area contributed by atoms with E-state index in [1.807, 2.05) is 13.4 Å². The number of imidazole rings is 2. The zero-order valence-electron chi connectivity index (χ0n) is 19.8. The van der Waals surface area contributed by atoms with Gasteiger partial charge in [-0.2, -0.15) is 0 Å². The first-order valence-corrected chi connectivity index (χ1v) is 11.7. The van der Waals surface area contributed by atoms with Crippen molar-refractivity contribution in [3.63, 3.8) is 0 Å². The molecule has 6 rings (SSSR count). The average Bonchev–Trinajstić information content (AvgIpc) is 3.42. The molecule has 0 bridgehead atoms. The zero-order valence-corrected chi connectivity index (χ0v) is 19.8. The number of rotatable bonds is 3. The minimum absolute atomic E-state index is 0.422. The smallest absolute Gasteiger partial charge is 0.145 e. The third-order valence-electron chi connectivity index (χ3n) is 6.90. The molecule has 0 N–H and O–H groups in total. The van der Waals surface area contributed by atoms with Crippen molar-refractivity contribution in [3.05, 3.63) is 78.2 Å². The number of fused-ring (bicyclic) bond motifs is 7. The molecule has 3 aromatic heterocycles. The van der Waals surface area contributed by atoms with Crippen molar-refractivity contribution >= 4 is 38.4 Å². The summed E-state index contributed by atoms with van der Waals surface area (Å²) in [5, 5.41) is 3.58. The van der Waals surface area contributed by atoms with Crippen molar-refractivity contribution in [2.75, 3.05) is 0 Å². The van der Waals surface area contributed by atoms with Crippen LogP contribution in [0.1, 0.15) is 50.7 Å². The largest absolute Gasteiger partial charge is 0.334 e. The van der Waals surface area contributed by atoms with Gasteiger partial charge in [0.15, 0.2) is 0 Å². The fraction of sp³-hybridized carbons (Fsp3) is 0.241. The standard InChI is InChI=1S/C29H28N4/c1-17(2)19-11-8-12-20(18(3)4)28(19)25-15-33-26-14-27-24(30-16-32(27)5)13-23(26)21-9-6-7-10-22(21)29(33)31-25/h6-18H,1-5H3. The van der Waals surface area contributed by atoms with Gasteiger partial charge < -0.3 is 4.57 Å². The predicted molar refractivity (Wildman–Crippen MR) is 138 cm³/mol. The lowest BCUT2D eigenvalue weighted by Crippen LogP contribution is -1.99. The molecule has 3 heterocycles. The topological polar surface area (TPSA) is 35.1 Å². The normalized spacial score (nSPS) is 12.3. The lowest BCUT2D eigenvalue weighted by Gasteiger charge is -2.18. The summed E-state index contributed by atoms with van der Waals surface area (Å²) in [5.41, 5.74) is 9.34. The van der Waals surface area contributed by atoms with Crippen LogP contribution < -0.4 is 0 Å². The first kappa shape index (κ1) is 20.0. The molecule has 0 unspecified atom stereocenters. The summed E-state index contributed by atoms with van der Waals surface area (Å²) >= 11 is 0. The van der Waals surface area contributed by atoms with E-state index in [-0.39, 0.29) is 0 Å². The lowest BCUT2D eigenvalue weighted by molar-refractivity contribution is 0.837. The molecule has 0 aliphatic carbocycles. The third-order valence-corrected chi connectivity index (χ3v) is 6.90. The van der Waals surface area contributed by atoms with Gasteiger partial charge >= 0.3 is 0 Å². The van der Waals surface area contributed by atoms with Gasteiger partial charge in [0, 0.05) is 29.6 Å². The second-order valence-corrected chi connectivity index (χ2v) is 9.70. The molecule has 0 saturated carbocycles. The summed E-state index contributed by atoms with van der Waals surface area (Å²) < 4.78 is 4.36. The first-order valence-electron chi connectivity index (χ1n) is 11.7. The van der Waals surface area contributed by atoms with Crippen molar-refractivity contribution in [2.45, 2.75) is 39.5 Å². The van der Waals surface area contributed by atoms with E-state index >= 15 is 0 Å². The Balaban J connectivity index is 1.79. The summed E-state index contributed by atoms with van der Waals surface area (Å²) in [7, 11) is 2.05. The number of aromatic nitrogens is 4. The molecule has 6 aromatic rings. The van der Waals surface area contributed by atoms with Gasteiger partial charge in [-0.15, -0.1) is 0 Å². The Morgan fingerprint density at radius 1 is 0.758 bits per heavy atom. The van der Waals surface area contributed by atoms with Gasteiger partial charge in [0.25, 0.3) is 0 Å². The number of nitrogens with zero attached hydrogens (tertiary/aromatic N) is 4. The molecule has 3 aromatic carbocycles. The highest BCUT2D eigenvalue weighted by atomic mass is 15.0. The Hall–Kier alpha value is -3.66. The monoisotopic (exact) mass is 432 g/mol. The van der Waals surface area contributed by atoms with E-state index < -0.39 is 0 Å². The average molecular weight is 433 g/mol. The van der Waals surface area contributed by atoms with Gasteiger partial charge in [-0.1, -0.05) is 70.2 Å². The molecule has 0 saturated heterocycles. The van der Waals surface area contributed by atoms with Crippen molar-refractivity contribution < 1.29 is 0 Å². The summed E-state index contributed by atoms with van der Waals surface area (Å²) in [4.78, 5) is 9.89. The predicted octanol–water partition coefficient (Wildman–Crippen LogP) is 7.44. The number of pyridine rings is 1. The van der Waals surface area contributed by atoms with Crippen LogP contribution in [0.15, 0.2) is 67.1 Å². The van der Waals surface area contributed by atoms with Crippen molar-refractivity contribution in [1.29, 1.82) is 0 Å². The van der Waals surface area contributed by atoms with E-state index in [4.69, 9.17) is 4.98 Å². The Kier molecular flexibility index (Phi) is 4.34. The fourth-order valence-electron chi connectivity index (χ4n) is 5.21. The van der Waals surface area contributed by atoms with E-state index in [1.54, 1.807) is 0 Å². The van der Waals surface area contributed by atoms with E-state index in [1.165, 1.54) is 32.8 Å². The van der Waals surface area contributed by atoms with Crippen LogP contribution >= 0.6 is 0 Å². The Bertz CT molecular complexity index is 1650. The molecule has 0 amide bonds. The maximum absolute atomic E-state index is 5.28. The van der Waals surface area contributed by atoms with Gasteiger partial charge in [0.05, 0.1) is 28.6 Å². The van der Waals surface area contributed by atoms with Crippen LogP contribution in [0, 0.1) is 0 Å². The molecule has 4 heteroatoms. The Morgan fingerprint density at radius 2 is 1.45 bits per heavy atom. The minimum atomic E-state index is 0.422. The highest BCUT2D eigenvalue weighted by Gasteiger charge is 2.20. The van der Waals surface area contributed by atoms with E-state index in [0.717, 1.165) is 27.9 Å². The maximum atomic E-state index is 5.28. The highest BCUT2D eigenvalue weighted by Crippen LogP contribution is 2.38. The second kappa shape index (κ2) is 7.17. The van der Waals surface area contributed by atoms with Crippen LogP contribution in [-0.4, -0.2) is 18.9 Å². The van der Waals surface area contributed by atoms with Crippen LogP contribution in [0.2, 0.25) is 0 Å². The Morgan fingerprint density at radius 3 is 2.15 bits per heavy atom. The third kappa shape index (κ3) is 2.90. The van der Waals surface area contributed by atoms with Crippen molar-refractivity contribution in [3.8, 4) is 11.3 Å². The van der Waals surface area contributed by atoms with E-state index in [0.29, 0.717) is 11.8 Å². The molecule has 164 valence electrons. The summed E-state index contributed by atoms with van der Waals surface area (Å²) in [6.45, 7) is 9.07. The molecule has 4 nitrogen and oxygen atoms in total. The molecular formula is C29H28N4. The van der Waals surface area contributed by atoms with Crippen LogP contribution in [-0.2, 0) is 7.05 Å². The molecule has 0 fully saturated rings. The van der Waals surface area contributed by atoms with Crippen LogP contribution in [0.4, 0.5) is 0 Å². The van der Waals surface area contributed by atoms with Crippen molar-refractivity contribution in [1.82, 2.24) is 18.9 Å². The molecule has 0 atom stereocenters. The Labute approximate surface area is 193 Å². The van der Waals surface area contributed by atoms with E-state index in [2.05, 4.69) is 102 Å². The number of benzene rings is 3. The van der Waals surface area contributed by atoms with Gasteiger partial charge in [-0.05, 0) is 40.5 Å². The van der Waals surface area contributed by atoms with Gasteiger partial charge in [-0.25, -0.2) is 9.97 Å². The van der Waals surface area contributed by atoms with Crippen LogP contribution in [0.5, 0.6) is 0 Å². The lowest BCUT2D eigenvalue weighted by atomic mass is 9.87. The van der Waals surface area contributed by atoms with E-state index in [9.17, 15) is 0 Å². The summed E-state index contributed by atoms with van der Waals surface area (Å²) in [6.07, 6.45) is 4.12. The first-order chi connectivity index (χ1) is 15.9. The van der Waals surface area contributed by atoms with Gasteiger partial charge in [-0.3, -0.25) is 4.40 Å². The zero-order chi connectivity index (χ0) is 22.9. The molecule has 0 radical (unpaired) electrons. The molecule has 0 aliphatic heterocycles. The second-order valence-electron chi connectivity index (χ2n) is 9.70. The summed E-state index contributed by atoms with van der Waals surface area (Å²) in [5.74, 6) is 0.845. The molecule has 0 spiro atoms. The number of hydrogen-bond acceptors (Lipinski definition) is 2. The molecule has 33 heavy (non-hydrogen) atoms. The molecular weight excluding hydrogens is 404 g/mol. The number of aryl methyl sites for hydroxylation is 1. The van der Waals surface area contributed by atoms with Crippen LogP contribution in [0.25, 0.3) is 49.6 Å². The molecule has 0 aliphatic rings.